The molecule has 0 bridgehead atoms. The van der Waals surface area contributed by atoms with Gasteiger partial charge >= 0.3 is 6.09 Å². The third-order valence-corrected chi connectivity index (χ3v) is 6.09. The van der Waals surface area contributed by atoms with Crippen LogP contribution in [0.15, 0.2) is 18.2 Å². The van der Waals surface area contributed by atoms with Gasteiger partial charge in [-0.05, 0) is 63.8 Å². The lowest BCUT2D eigenvalue weighted by atomic mass is 10.1. The second-order valence-corrected chi connectivity index (χ2v) is 9.19. The van der Waals surface area contributed by atoms with Gasteiger partial charge in [0.05, 0.1) is 5.69 Å². The molecule has 4 nitrogen and oxygen atoms in total. The van der Waals surface area contributed by atoms with E-state index in [0.29, 0.717) is 12.6 Å². The van der Waals surface area contributed by atoms with Crippen molar-refractivity contribution in [2.75, 3.05) is 17.7 Å². The maximum absolute atomic E-state index is 12.6. The van der Waals surface area contributed by atoms with Crippen molar-refractivity contribution in [2.24, 2.45) is 0 Å². The summed E-state index contributed by atoms with van der Waals surface area (Å²) in [6.45, 7) is 7.26. The molecular weight excluding hydrogens is 332 g/mol. The summed E-state index contributed by atoms with van der Waals surface area (Å²) in [4.78, 5) is 14.4. The predicted octanol–water partition coefficient (Wildman–Crippen LogP) is 4.36. The average molecular weight is 363 g/mol. The molecule has 1 fully saturated rings. The van der Waals surface area contributed by atoms with Crippen LogP contribution in [0.2, 0.25) is 0 Å². The Morgan fingerprint density at radius 3 is 2.84 bits per heavy atom. The van der Waals surface area contributed by atoms with Gasteiger partial charge in [-0.3, -0.25) is 4.90 Å². The van der Waals surface area contributed by atoms with Gasteiger partial charge in [0, 0.05) is 24.4 Å². The molecule has 25 heavy (non-hydrogen) atoms. The van der Waals surface area contributed by atoms with Gasteiger partial charge in [-0.1, -0.05) is 18.2 Å². The topological polar surface area (TPSA) is 41.6 Å². The van der Waals surface area contributed by atoms with Gasteiger partial charge in [-0.2, -0.15) is 11.8 Å². The fraction of sp³-hybridized carbons (Fsp3) is 0.650. The maximum Gasteiger partial charge on any atom is 0.414 e. The molecule has 1 aliphatic heterocycles. The lowest BCUT2D eigenvalue weighted by Gasteiger charge is -2.26. The van der Waals surface area contributed by atoms with E-state index in [-0.39, 0.29) is 6.09 Å². The Kier molecular flexibility index (Phi) is 5.64. The van der Waals surface area contributed by atoms with Crippen molar-refractivity contribution in [3.05, 3.63) is 29.3 Å². The highest BCUT2D eigenvalue weighted by atomic mass is 32.2. The van der Waals surface area contributed by atoms with Crippen molar-refractivity contribution in [3.8, 4) is 0 Å². The molecule has 1 aliphatic carbocycles. The molecule has 1 heterocycles. The Bertz CT molecular complexity index is 627. The molecule has 1 N–H and O–H groups in total. The van der Waals surface area contributed by atoms with E-state index in [1.54, 1.807) is 0 Å². The normalized spacial score (nSPS) is 23.0. The van der Waals surface area contributed by atoms with Crippen LogP contribution in [0.25, 0.3) is 0 Å². The van der Waals surface area contributed by atoms with Crippen molar-refractivity contribution in [1.29, 1.82) is 0 Å². The van der Waals surface area contributed by atoms with Gasteiger partial charge in [-0.15, -0.1) is 0 Å². The Morgan fingerprint density at radius 2 is 2.16 bits per heavy atom. The molecule has 1 saturated carbocycles. The fourth-order valence-corrected chi connectivity index (χ4v) is 4.57. The quantitative estimate of drug-likeness (QED) is 0.864. The number of nitrogens with one attached hydrogen (secondary N) is 1. The van der Waals surface area contributed by atoms with Crippen molar-refractivity contribution in [1.82, 2.24) is 5.32 Å². The number of rotatable bonds is 4. The second kappa shape index (κ2) is 7.58. The van der Waals surface area contributed by atoms with Crippen LogP contribution in [0.3, 0.4) is 0 Å². The number of benzene rings is 1. The minimum atomic E-state index is -0.469. The van der Waals surface area contributed by atoms with Gasteiger partial charge in [0.1, 0.15) is 5.60 Å². The molecule has 0 saturated heterocycles. The zero-order valence-corrected chi connectivity index (χ0v) is 16.6. The maximum atomic E-state index is 12.6. The number of para-hydroxylation sites is 1. The summed E-state index contributed by atoms with van der Waals surface area (Å²) in [6, 6.07) is 6.95. The zero-order chi connectivity index (χ0) is 18.0. The lowest BCUT2D eigenvalue weighted by Crippen LogP contribution is -2.36. The summed E-state index contributed by atoms with van der Waals surface area (Å²) in [6.07, 6.45) is 6.66. The number of anilines is 1. The fourth-order valence-electron chi connectivity index (χ4n) is 3.77. The number of amides is 1. The average Bonchev–Trinajstić information content (AvgIpc) is 3.18. The Labute approximate surface area is 155 Å². The molecule has 0 aromatic heterocycles. The molecule has 1 aromatic rings. The number of hydrogen-bond donors (Lipinski definition) is 1. The number of fused-ring (bicyclic) bond motifs is 1. The molecule has 1 aromatic carbocycles. The van der Waals surface area contributed by atoms with Crippen LogP contribution in [0.1, 0.15) is 51.2 Å². The summed E-state index contributed by atoms with van der Waals surface area (Å²) in [5.41, 5.74) is 3.04. The highest BCUT2D eigenvalue weighted by Crippen LogP contribution is 2.34. The smallest absolute Gasteiger partial charge is 0.414 e. The number of carbonyl (C=O) groups is 1. The molecule has 0 spiro atoms. The van der Waals surface area contributed by atoms with E-state index in [9.17, 15) is 4.79 Å². The molecule has 3 rings (SSSR count). The van der Waals surface area contributed by atoms with Crippen LogP contribution >= 0.6 is 11.8 Å². The summed E-state index contributed by atoms with van der Waals surface area (Å²) in [7, 11) is 0. The van der Waals surface area contributed by atoms with E-state index in [2.05, 4.69) is 29.8 Å². The van der Waals surface area contributed by atoms with Crippen LogP contribution < -0.4 is 10.2 Å². The Balaban J connectivity index is 1.70. The van der Waals surface area contributed by atoms with Gasteiger partial charge in [0.2, 0.25) is 0 Å². The van der Waals surface area contributed by atoms with Gasteiger partial charge < -0.3 is 10.1 Å². The minimum absolute atomic E-state index is 0.234. The van der Waals surface area contributed by atoms with Crippen LogP contribution in [-0.2, 0) is 17.7 Å². The lowest BCUT2D eigenvalue weighted by molar-refractivity contribution is 0.0583. The molecule has 0 radical (unpaired) electrons. The molecule has 138 valence electrons. The summed E-state index contributed by atoms with van der Waals surface area (Å²) < 4.78 is 5.60. The molecule has 2 unspecified atom stereocenters. The molecule has 2 atom stereocenters. The van der Waals surface area contributed by atoms with Crippen molar-refractivity contribution in [2.45, 2.75) is 69.9 Å². The van der Waals surface area contributed by atoms with E-state index in [1.807, 2.05) is 37.4 Å². The Hall–Kier alpha value is -1.20. The number of thioether (sulfide) groups is 1. The first-order valence-corrected chi connectivity index (χ1v) is 10.5. The van der Waals surface area contributed by atoms with Crippen molar-refractivity contribution in [3.63, 3.8) is 0 Å². The third-order valence-electron chi connectivity index (χ3n) is 4.99. The highest BCUT2D eigenvalue weighted by molar-refractivity contribution is 7.99. The first-order chi connectivity index (χ1) is 11.9. The van der Waals surface area contributed by atoms with E-state index < -0.39 is 5.60 Å². The van der Waals surface area contributed by atoms with Gasteiger partial charge in [-0.25, -0.2) is 4.79 Å². The largest absolute Gasteiger partial charge is 0.443 e. The first kappa shape index (κ1) is 18.6. The number of nitrogens with zero attached hydrogens (tertiary/aromatic N) is 1. The van der Waals surface area contributed by atoms with Crippen LogP contribution in [0.4, 0.5) is 10.5 Å². The molecular formula is C20H30N2O2S. The van der Waals surface area contributed by atoms with Gasteiger partial charge in [0.15, 0.2) is 0 Å². The number of carbonyl (C=O) groups excluding carboxylic acids is 1. The first-order valence-electron chi connectivity index (χ1n) is 9.25. The zero-order valence-electron chi connectivity index (χ0n) is 15.8. The standard InChI is InChI=1S/C20H30N2O2S/c1-20(2,3)24-19(23)22-11-10-14-6-5-7-15(18(14)22)13-21-16-8-9-17(12-16)25-4/h5-7,16-17,21H,8-13H2,1-4H3. The van der Waals surface area contributed by atoms with E-state index in [4.69, 9.17) is 4.74 Å². The summed E-state index contributed by atoms with van der Waals surface area (Å²) >= 11 is 1.98. The molecule has 5 heteroatoms. The van der Waals surface area contributed by atoms with Crippen LogP contribution in [0.5, 0.6) is 0 Å². The molecule has 1 amide bonds. The van der Waals surface area contributed by atoms with E-state index >= 15 is 0 Å². The monoisotopic (exact) mass is 362 g/mol. The van der Waals surface area contributed by atoms with Crippen LogP contribution in [-0.4, -0.2) is 35.8 Å². The van der Waals surface area contributed by atoms with Crippen molar-refractivity contribution < 1.29 is 9.53 Å². The SMILES string of the molecule is CSC1CCC(NCc2cccc3c2N(C(=O)OC(C)(C)C)CC3)C1. The minimum Gasteiger partial charge on any atom is -0.443 e. The summed E-state index contributed by atoms with van der Waals surface area (Å²) in [5.74, 6) is 0. The molecule has 2 aliphatic rings. The van der Waals surface area contributed by atoms with E-state index in [0.717, 1.165) is 23.9 Å². The second-order valence-electron chi connectivity index (χ2n) is 8.06. The van der Waals surface area contributed by atoms with E-state index in [1.165, 1.54) is 30.4 Å². The highest BCUT2D eigenvalue weighted by Gasteiger charge is 2.31. The third kappa shape index (κ3) is 4.50. The van der Waals surface area contributed by atoms with Crippen LogP contribution in [0, 0.1) is 0 Å². The van der Waals surface area contributed by atoms with Gasteiger partial charge in [0.25, 0.3) is 0 Å². The Morgan fingerprint density at radius 1 is 1.36 bits per heavy atom. The summed E-state index contributed by atoms with van der Waals surface area (Å²) in [5, 5.41) is 4.50. The number of hydrogen-bond acceptors (Lipinski definition) is 4. The predicted molar refractivity (Wildman–Crippen MR) is 106 cm³/mol. The number of ether oxygens (including phenoxy) is 1. The van der Waals surface area contributed by atoms with Crippen molar-refractivity contribution >= 4 is 23.5 Å².